The molecule has 0 saturated heterocycles. The molecule has 90 valence electrons. The van der Waals surface area contributed by atoms with Crippen LogP contribution in [-0.2, 0) is 6.54 Å². The second-order valence-corrected chi connectivity index (χ2v) is 4.52. The standard InChI is InChI=1S/C12H12Cl2N2O/c1-2-16-7-15-6-11(16)12(17)9-5-8(13)3-4-10(9)14/h3-7,12,17H,2H2,1H3. The number of nitrogens with zero attached hydrogens (tertiary/aromatic N) is 2. The zero-order valence-corrected chi connectivity index (χ0v) is 10.8. The highest BCUT2D eigenvalue weighted by Crippen LogP contribution is 2.30. The highest BCUT2D eigenvalue weighted by molar-refractivity contribution is 6.33. The lowest BCUT2D eigenvalue weighted by molar-refractivity contribution is 0.210. The third kappa shape index (κ3) is 2.46. The molecule has 2 aromatic rings. The first kappa shape index (κ1) is 12.4. The van der Waals surface area contributed by atoms with Crippen LogP contribution in [0.2, 0.25) is 10.0 Å². The Morgan fingerprint density at radius 1 is 1.41 bits per heavy atom. The molecule has 2 rings (SSSR count). The zero-order chi connectivity index (χ0) is 12.4. The maximum absolute atomic E-state index is 10.3. The van der Waals surface area contributed by atoms with Gasteiger partial charge >= 0.3 is 0 Å². The van der Waals surface area contributed by atoms with Crippen LogP contribution < -0.4 is 0 Å². The molecule has 1 unspecified atom stereocenters. The number of aromatic nitrogens is 2. The van der Waals surface area contributed by atoms with Gasteiger partial charge in [0.2, 0.25) is 0 Å². The van der Waals surface area contributed by atoms with Gasteiger partial charge in [-0.1, -0.05) is 23.2 Å². The Hall–Kier alpha value is -1.03. The predicted molar refractivity (Wildman–Crippen MR) is 68.4 cm³/mol. The topological polar surface area (TPSA) is 38.0 Å². The van der Waals surface area contributed by atoms with Gasteiger partial charge in [0, 0.05) is 22.2 Å². The summed E-state index contributed by atoms with van der Waals surface area (Å²) in [6.45, 7) is 2.72. The third-order valence-electron chi connectivity index (χ3n) is 2.62. The average Bonchev–Trinajstić information content (AvgIpc) is 2.79. The number of hydrogen-bond acceptors (Lipinski definition) is 2. The van der Waals surface area contributed by atoms with Crippen LogP contribution in [0.4, 0.5) is 0 Å². The molecule has 0 bridgehead atoms. The lowest BCUT2D eigenvalue weighted by Gasteiger charge is -2.14. The van der Waals surface area contributed by atoms with E-state index in [-0.39, 0.29) is 0 Å². The summed E-state index contributed by atoms with van der Waals surface area (Å²) in [4.78, 5) is 4.02. The van der Waals surface area contributed by atoms with E-state index in [9.17, 15) is 5.11 Å². The minimum atomic E-state index is -0.816. The number of aliphatic hydroxyl groups is 1. The lowest BCUT2D eigenvalue weighted by Crippen LogP contribution is -2.07. The summed E-state index contributed by atoms with van der Waals surface area (Å²) in [6.07, 6.45) is 2.49. The van der Waals surface area contributed by atoms with Gasteiger partial charge in [-0.2, -0.15) is 0 Å². The van der Waals surface area contributed by atoms with Gasteiger partial charge in [0.25, 0.3) is 0 Å². The van der Waals surface area contributed by atoms with Gasteiger partial charge in [0.05, 0.1) is 18.2 Å². The molecule has 1 N–H and O–H groups in total. The number of imidazole rings is 1. The molecule has 0 fully saturated rings. The molecular weight excluding hydrogens is 259 g/mol. The van der Waals surface area contributed by atoms with Crippen molar-refractivity contribution in [2.75, 3.05) is 0 Å². The predicted octanol–water partition coefficient (Wildman–Crippen LogP) is 3.29. The summed E-state index contributed by atoms with van der Waals surface area (Å²) in [6, 6.07) is 5.04. The second kappa shape index (κ2) is 5.08. The van der Waals surface area contributed by atoms with E-state index in [4.69, 9.17) is 23.2 Å². The molecule has 0 aliphatic heterocycles. The smallest absolute Gasteiger partial charge is 0.122 e. The van der Waals surface area contributed by atoms with Crippen LogP contribution >= 0.6 is 23.2 Å². The molecule has 17 heavy (non-hydrogen) atoms. The molecule has 0 aliphatic carbocycles. The van der Waals surface area contributed by atoms with E-state index in [0.29, 0.717) is 21.3 Å². The van der Waals surface area contributed by atoms with Crippen LogP contribution in [0, 0.1) is 0 Å². The van der Waals surface area contributed by atoms with E-state index < -0.39 is 6.10 Å². The first-order valence-corrected chi connectivity index (χ1v) is 6.02. The van der Waals surface area contributed by atoms with Crippen LogP contribution in [0.15, 0.2) is 30.7 Å². The average molecular weight is 271 g/mol. The highest BCUT2D eigenvalue weighted by atomic mass is 35.5. The van der Waals surface area contributed by atoms with Crippen molar-refractivity contribution in [2.24, 2.45) is 0 Å². The summed E-state index contributed by atoms with van der Waals surface area (Å²) in [5.41, 5.74) is 1.30. The Kier molecular flexibility index (Phi) is 3.72. The molecule has 3 nitrogen and oxygen atoms in total. The van der Waals surface area contributed by atoms with Crippen molar-refractivity contribution in [2.45, 2.75) is 19.6 Å². The monoisotopic (exact) mass is 270 g/mol. The Morgan fingerprint density at radius 2 is 2.18 bits per heavy atom. The summed E-state index contributed by atoms with van der Waals surface area (Å²) in [5, 5.41) is 11.3. The lowest BCUT2D eigenvalue weighted by atomic mass is 10.1. The van der Waals surface area contributed by atoms with E-state index >= 15 is 0 Å². The summed E-state index contributed by atoms with van der Waals surface area (Å²) >= 11 is 12.0. The summed E-state index contributed by atoms with van der Waals surface area (Å²) in [7, 11) is 0. The molecule has 1 aromatic carbocycles. The number of hydrogen-bond donors (Lipinski definition) is 1. The summed E-state index contributed by atoms with van der Waals surface area (Å²) < 4.78 is 1.86. The Balaban J connectivity index is 2.43. The summed E-state index contributed by atoms with van der Waals surface area (Å²) in [5.74, 6) is 0. The highest BCUT2D eigenvalue weighted by Gasteiger charge is 2.17. The minimum absolute atomic E-state index is 0.491. The Labute approximate surface area is 110 Å². The molecule has 0 saturated carbocycles. The number of rotatable bonds is 3. The zero-order valence-electron chi connectivity index (χ0n) is 9.27. The second-order valence-electron chi connectivity index (χ2n) is 3.67. The number of aryl methyl sites for hydroxylation is 1. The van der Waals surface area contributed by atoms with Gasteiger partial charge in [0.1, 0.15) is 6.10 Å². The fourth-order valence-corrected chi connectivity index (χ4v) is 2.11. The third-order valence-corrected chi connectivity index (χ3v) is 3.20. The van der Waals surface area contributed by atoms with Gasteiger partial charge in [-0.15, -0.1) is 0 Å². The van der Waals surface area contributed by atoms with Crippen molar-refractivity contribution < 1.29 is 5.11 Å². The van der Waals surface area contributed by atoms with Crippen LogP contribution in [0.1, 0.15) is 24.3 Å². The molecule has 5 heteroatoms. The molecule has 1 atom stereocenters. The van der Waals surface area contributed by atoms with Crippen LogP contribution in [0.5, 0.6) is 0 Å². The van der Waals surface area contributed by atoms with Crippen molar-refractivity contribution in [3.05, 3.63) is 52.0 Å². The molecule has 1 heterocycles. The minimum Gasteiger partial charge on any atom is -0.382 e. The van der Waals surface area contributed by atoms with Gasteiger partial charge in [-0.05, 0) is 25.1 Å². The Bertz CT molecular complexity index is 525. The number of aliphatic hydroxyl groups excluding tert-OH is 1. The quantitative estimate of drug-likeness (QED) is 0.930. The van der Waals surface area contributed by atoms with Gasteiger partial charge in [-0.25, -0.2) is 4.98 Å². The molecule has 1 aromatic heterocycles. The molecule has 0 aliphatic rings. The van der Waals surface area contributed by atoms with Crippen LogP contribution in [-0.4, -0.2) is 14.7 Å². The van der Waals surface area contributed by atoms with E-state index in [2.05, 4.69) is 4.98 Å². The first-order chi connectivity index (χ1) is 8.13. The molecule has 0 spiro atoms. The van der Waals surface area contributed by atoms with Crippen molar-refractivity contribution in [3.8, 4) is 0 Å². The van der Waals surface area contributed by atoms with E-state index in [1.54, 1.807) is 30.7 Å². The molecule has 0 radical (unpaired) electrons. The van der Waals surface area contributed by atoms with E-state index in [0.717, 1.165) is 6.54 Å². The first-order valence-electron chi connectivity index (χ1n) is 5.26. The maximum atomic E-state index is 10.3. The van der Waals surface area contributed by atoms with Crippen molar-refractivity contribution in [1.29, 1.82) is 0 Å². The fraction of sp³-hybridized carbons (Fsp3) is 0.250. The van der Waals surface area contributed by atoms with Gasteiger partial charge < -0.3 is 9.67 Å². The molecular formula is C12H12Cl2N2O. The van der Waals surface area contributed by atoms with Crippen molar-refractivity contribution in [3.63, 3.8) is 0 Å². The van der Waals surface area contributed by atoms with Gasteiger partial charge in [-0.3, -0.25) is 0 Å². The number of benzene rings is 1. The van der Waals surface area contributed by atoms with E-state index in [1.165, 1.54) is 0 Å². The normalized spacial score (nSPS) is 12.7. The van der Waals surface area contributed by atoms with Crippen molar-refractivity contribution >= 4 is 23.2 Å². The fourth-order valence-electron chi connectivity index (χ4n) is 1.71. The van der Waals surface area contributed by atoms with Crippen molar-refractivity contribution in [1.82, 2.24) is 9.55 Å². The Morgan fingerprint density at radius 3 is 2.88 bits per heavy atom. The van der Waals surface area contributed by atoms with Crippen LogP contribution in [0.3, 0.4) is 0 Å². The number of halogens is 2. The van der Waals surface area contributed by atoms with E-state index in [1.807, 2.05) is 11.5 Å². The van der Waals surface area contributed by atoms with Gasteiger partial charge in [0.15, 0.2) is 0 Å². The maximum Gasteiger partial charge on any atom is 0.122 e. The van der Waals surface area contributed by atoms with Crippen LogP contribution in [0.25, 0.3) is 0 Å². The largest absolute Gasteiger partial charge is 0.382 e. The SMILES string of the molecule is CCn1cncc1C(O)c1cc(Cl)ccc1Cl. The molecule has 0 amide bonds.